The smallest absolute Gasteiger partial charge is 0.252 e. The molecule has 0 N–H and O–H groups in total. The van der Waals surface area contributed by atoms with Gasteiger partial charge in [-0.05, 0) is 187 Å². The van der Waals surface area contributed by atoms with Crippen LogP contribution in [0.15, 0.2) is 330 Å². The van der Waals surface area contributed by atoms with E-state index in [0.29, 0.717) is 66.8 Å². The van der Waals surface area contributed by atoms with Crippen molar-refractivity contribution in [3.8, 4) is 33.9 Å². The molecule has 0 bridgehead atoms. The Morgan fingerprint density at radius 1 is 0.240 bits per heavy atom. The maximum atomic E-state index is 10.3. The number of benzene rings is 16. The van der Waals surface area contributed by atoms with Gasteiger partial charge in [-0.2, -0.15) is 0 Å². The van der Waals surface area contributed by atoms with Crippen LogP contribution in [0, 0.1) is 0 Å². The molecule has 0 saturated heterocycles. The molecular weight excluding hydrogens is 1470 g/mol. The lowest BCUT2D eigenvalue weighted by molar-refractivity contribution is 0.569. The average Bonchev–Trinajstić information content (AvgIpc) is 1.68. The molecule has 0 unspecified atom stereocenters. The molecule has 22 aromatic rings. The van der Waals surface area contributed by atoms with E-state index in [9.17, 15) is 27.4 Å². The Hall–Kier alpha value is -14.0. The normalized spacial score (nSPS) is 16.2. The van der Waals surface area contributed by atoms with E-state index in [0.717, 1.165) is 66.1 Å². The first-order valence-electron chi connectivity index (χ1n) is 52.8. The summed E-state index contributed by atoms with van der Waals surface area (Å²) in [6.07, 6.45) is 0. The van der Waals surface area contributed by atoms with Gasteiger partial charge in [0.1, 0.15) is 0 Å². The summed E-state index contributed by atoms with van der Waals surface area (Å²) < 4.78 is 251. The van der Waals surface area contributed by atoms with Gasteiger partial charge in [0.2, 0.25) is 0 Å². The van der Waals surface area contributed by atoms with Crippen LogP contribution in [0.4, 0.5) is 34.1 Å². The first kappa shape index (κ1) is 50.7. The van der Waals surface area contributed by atoms with Gasteiger partial charge in [0.05, 0.1) is 105 Å². The highest BCUT2D eigenvalue weighted by molar-refractivity contribution is 7.00. The third-order valence-corrected chi connectivity index (χ3v) is 25.1. The molecule has 0 spiro atoms. The lowest BCUT2D eigenvalue weighted by Gasteiger charge is -2.44. The summed E-state index contributed by atoms with van der Waals surface area (Å²) in [6.45, 7) is 25.4. The van der Waals surface area contributed by atoms with Gasteiger partial charge in [-0.1, -0.05) is 289 Å². The maximum absolute atomic E-state index is 10.3. The maximum Gasteiger partial charge on any atom is 0.252 e. The van der Waals surface area contributed by atoms with Crippen molar-refractivity contribution in [2.24, 2.45) is 0 Å². The molecule has 16 aromatic carbocycles. The second kappa shape index (κ2) is 25.3. The Kier molecular flexibility index (Phi) is 10.6. The monoisotopic (exact) mass is 1580 g/mol. The second-order valence-corrected chi connectivity index (χ2v) is 36.3. The van der Waals surface area contributed by atoms with Gasteiger partial charge >= 0.3 is 0 Å². The molecule has 121 heavy (non-hydrogen) atoms. The molecule has 24 rings (SSSR count). The molecule has 6 aromatic heterocycles. The summed E-state index contributed by atoms with van der Waals surface area (Å²) in [6, 6.07) is 44.0. The molecule has 0 amide bonds. The molecule has 9 heteroatoms. The quantitative estimate of drug-likeness (QED) is 0.149. The molecule has 582 valence electrons. The molecule has 0 aliphatic carbocycles. The van der Waals surface area contributed by atoms with Crippen LogP contribution in [0.25, 0.3) is 165 Å². The lowest BCUT2D eigenvalue weighted by Crippen LogP contribution is -2.61. The second-order valence-electron chi connectivity index (χ2n) is 36.3. The van der Waals surface area contributed by atoms with Gasteiger partial charge in [0.25, 0.3) is 6.71 Å². The van der Waals surface area contributed by atoms with Gasteiger partial charge in [-0.25, -0.2) is 0 Å². The Labute approximate surface area is 736 Å². The van der Waals surface area contributed by atoms with Gasteiger partial charge in [0.15, 0.2) is 22.3 Å². The van der Waals surface area contributed by atoms with Crippen molar-refractivity contribution in [1.29, 1.82) is 0 Å². The van der Waals surface area contributed by atoms with Crippen molar-refractivity contribution in [2.45, 2.75) is 105 Å². The van der Waals surface area contributed by atoms with Gasteiger partial charge in [-0.3, -0.25) is 0 Å². The van der Waals surface area contributed by atoms with Crippen LogP contribution in [0.3, 0.4) is 0 Å². The first-order chi connectivity index (χ1) is 68.5. The zero-order valence-electron chi connectivity index (χ0n) is 92.3. The van der Waals surface area contributed by atoms with Crippen molar-refractivity contribution in [3.63, 3.8) is 0 Å². The molecule has 8 nitrogen and oxygen atoms in total. The minimum Gasteiger partial charge on any atom is -0.452 e. The van der Waals surface area contributed by atoms with Gasteiger partial charge < -0.3 is 36.9 Å². The van der Waals surface area contributed by atoms with Crippen molar-refractivity contribution < 1.29 is 41.7 Å². The van der Waals surface area contributed by atoms with E-state index in [1.54, 1.807) is 24.3 Å². The van der Waals surface area contributed by atoms with E-state index >= 15 is 0 Å². The topological polar surface area (TPSA) is 52.5 Å². The number of aromatic nitrogens is 4. The van der Waals surface area contributed by atoms with Crippen LogP contribution < -0.4 is 26.2 Å². The lowest BCUT2D eigenvalue weighted by atomic mass is 9.33. The molecule has 2 aliphatic heterocycles. The number of hydrogen-bond acceptors (Lipinski definition) is 4. The van der Waals surface area contributed by atoms with Crippen molar-refractivity contribution in [1.82, 2.24) is 18.3 Å². The van der Waals surface area contributed by atoms with E-state index in [1.807, 2.05) is 60.7 Å². The van der Waals surface area contributed by atoms with E-state index in [2.05, 4.69) is 188 Å². The summed E-state index contributed by atoms with van der Waals surface area (Å²) in [5.74, 6) is 0. The number of fused-ring (bicyclic) bond motifs is 22. The summed E-state index contributed by atoms with van der Waals surface area (Å²) in [5.41, 5.74) is 12.0. The largest absolute Gasteiger partial charge is 0.452 e. The Morgan fingerprint density at radius 3 is 1.00 bits per heavy atom. The minimum atomic E-state index is -0.875. The molecule has 8 heterocycles. The Morgan fingerprint density at radius 2 is 0.595 bits per heavy atom. The molecular formula is C112H89BN6O2. The number of anilines is 6. The predicted molar refractivity (Wildman–Crippen MR) is 513 cm³/mol. The highest BCUT2D eigenvalue weighted by Gasteiger charge is 2.46. The fraction of sp³-hybridized carbons (Fsp3) is 0.143. The summed E-state index contributed by atoms with van der Waals surface area (Å²) in [7, 11) is 0. The summed E-state index contributed by atoms with van der Waals surface area (Å²) >= 11 is 0. The number of para-hydroxylation sites is 10. The van der Waals surface area contributed by atoms with Crippen LogP contribution in [-0.2, 0) is 21.7 Å². The number of nitrogens with zero attached hydrogens (tertiary/aromatic N) is 6. The summed E-state index contributed by atoms with van der Waals surface area (Å²) in [4.78, 5) is 4.13. The SMILES string of the molecule is [2H]c1c([2H])c([2H])c2c(c1[2H])c1c([2H])c([2H])c([2H])c([2H])c1n2-c1cc2c3c(c1)N(c1cccc4c1oc1c(-n5c6c([2H])c([2H])c([2H])c([2H])c6c6c([2H])c([2H])c([2H])c([2H])c65)cccc14)c1cc(-n4c5ccc(C(C)(C)C)cc5c5cc(C(C)(C)C)ccc54)ccc1B3c1cc(-c3cc(C(C)(C)C)cc(C(C)(C)C)c3)ccc1N2c1cccc2c1oc1c(-n3c4c([2H])c([2H])c([2H])c([2H])c4c4c([2H])c([2H])c([2H])c([2H])c43)cccc12. The third-order valence-electron chi connectivity index (χ3n) is 25.1. The van der Waals surface area contributed by atoms with Crippen LogP contribution in [0.2, 0.25) is 0 Å². The van der Waals surface area contributed by atoms with E-state index < -0.39 is 152 Å². The zero-order chi connectivity index (χ0) is 103. The van der Waals surface area contributed by atoms with Gasteiger partial charge in [0, 0.05) is 93.1 Å². The molecule has 0 atom stereocenters. The summed E-state index contributed by atoms with van der Waals surface area (Å²) in [5, 5.41) is 2.90. The fourth-order valence-electron chi connectivity index (χ4n) is 19.1. The Bertz CT molecular complexity index is 9460. The highest BCUT2D eigenvalue weighted by Crippen LogP contribution is 2.54. The average molecular weight is 1590 g/mol. The van der Waals surface area contributed by atoms with Crippen molar-refractivity contribution in [2.75, 3.05) is 9.80 Å². The van der Waals surface area contributed by atoms with Crippen LogP contribution in [0.1, 0.15) is 138 Å². The first-order valence-corrected chi connectivity index (χ1v) is 40.8. The van der Waals surface area contributed by atoms with Crippen LogP contribution in [0.5, 0.6) is 0 Å². The van der Waals surface area contributed by atoms with Crippen molar-refractivity contribution >= 4 is 188 Å². The van der Waals surface area contributed by atoms with Crippen LogP contribution >= 0.6 is 0 Å². The van der Waals surface area contributed by atoms with E-state index in [1.165, 1.54) is 13.7 Å². The molecule has 0 radical (unpaired) electrons. The van der Waals surface area contributed by atoms with E-state index in [-0.39, 0.29) is 126 Å². The number of furan rings is 2. The molecule has 0 saturated carbocycles. The predicted octanol–water partition coefficient (Wildman–Crippen LogP) is 28.8. The number of hydrogen-bond donors (Lipinski definition) is 0. The number of rotatable bonds is 7. The van der Waals surface area contributed by atoms with E-state index in [4.69, 9.17) is 14.3 Å². The molecule has 0 fully saturated rings. The zero-order valence-corrected chi connectivity index (χ0v) is 68.3. The third kappa shape index (κ3) is 10.4. The minimum absolute atomic E-state index is 0.108. The van der Waals surface area contributed by atoms with Crippen LogP contribution in [-0.4, -0.2) is 25.0 Å². The Balaban J connectivity index is 0.888. The molecule has 2 aliphatic rings. The fourth-order valence-corrected chi connectivity index (χ4v) is 19.1. The van der Waals surface area contributed by atoms with Gasteiger partial charge in [-0.15, -0.1) is 0 Å². The van der Waals surface area contributed by atoms with Crippen molar-refractivity contribution in [3.05, 3.63) is 343 Å². The highest BCUT2D eigenvalue weighted by atomic mass is 16.3. The standard InChI is InChI=1S/C112H89BN6O2/c1-109(2,3)68-50-55-94-84(61-68)85-62-69(110(4,5)6)51-56-95(85)114(94)72-52-53-86-101(63-72)119(100-48-28-38-83-81-36-26-46-98(106(81)121-108(83)100)117-92-43-23-17-33-78(92)79-34-18-24-44-93(79)117)103-65-73(115-88-39-19-13-29-74(88)75-30-14-20-40-89(75)115)64-102-104(103)113(86)87-59-66(67-57-70(111(7,8)9)60-71(58-67)112(10,11)12)49-54-96(87)118(102)99-47-27-37-82-80-35-25-45-97(105(80)120-107(82)99)116-90-41-21-15-31-76(90)77-32-16-22-42-91(77)116/h13-65H,1-12H3/i13D,14D,15D,16D,17D,18D,19D,20D,21D,22D,23D,24D,29D,30D,31D,32D,33D,34D,39D,40D,41D,42D,43D,44D.